The largest absolute Gasteiger partial charge is 0.486 e. The van der Waals surface area contributed by atoms with Crippen molar-refractivity contribution >= 4 is 0 Å². The highest BCUT2D eigenvalue weighted by molar-refractivity contribution is 5.33. The van der Waals surface area contributed by atoms with Crippen LogP contribution in [0.15, 0.2) is 42.7 Å². The van der Waals surface area contributed by atoms with Crippen molar-refractivity contribution < 1.29 is 23.0 Å². The van der Waals surface area contributed by atoms with Gasteiger partial charge in [0.1, 0.15) is 11.9 Å². The Hall–Kier alpha value is -2.08. The summed E-state index contributed by atoms with van der Waals surface area (Å²) in [4.78, 5) is 4.03. The van der Waals surface area contributed by atoms with Crippen molar-refractivity contribution in [2.24, 2.45) is 0 Å². The predicted molar refractivity (Wildman–Crippen MR) is 73.2 cm³/mol. The first-order valence-corrected chi connectivity index (χ1v) is 6.91. The number of pyridine rings is 1. The normalized spacial score (nSPS) is 21.3. The van der Waals surface area contributed by atoms with E-state index in [2.05, 4.69) is 4.98 Å². The van der Waals surface area contributed by atoms with Crippen LogP contribution in [-0.2, 0) is 6.18 Å². The molecule has 2 atom stereocenters. The van der Waals surface area contributed by atoms with Gasteiger partial charge in [-0.25, -0.2) is 0 Å². The van der Waals surface area contributed by atoms with Crippen molar-refractivity contribution in [2.45, 2.75) is 31.2 Å². The van der Waals surface area contributed by atoms with E-state index >= 15 is 0 Å². The number of aliphatic hydroxyl groups is 1. The van der Waals surface area contributed by atoms with Crippen LogP contribution < -0.4 is 4.74 Å². The number of halogens is 3. The third-order valence-corrected chi connectivity index (χ3v) is 3.76. The number of ether oxygens (including phenoxy) is 1. The molecule has 1 aliphatic carbocycles. The van der Waals surface area contributed by atoms with E-state index in [0.717, 1.165) is 23.3 Å². The van der Waals surface area contributed by atoms with Crippen LogP contribution in [0.1, 0.15) is 41.7 Å². The van der Waals surface area contributed by atoms with Gasteiger partial charge in [-0.05, 0) is 48.7 Å². The van der Waals surface area contributed by atoms with Crippen LogP contribution in [0.25, 0.3) is 0 Å². The van der Waals surface area contributed by atoms with E-state index in [9.17, 15) is 18.3 Å². The Labute approximate surface area is 125 Å². The van der Waals surface area contributed by atoms with E-state index in [-0.39, 0.29) is 6.10 Å². The Bertz CT molecular complexity index is 655. The molecule has 0 saturated heterocycles. The highest BCUT2D eigenvalue weighted by Crippen LogP contribution is 2.38. The van der Waals surface area contributed by atoms with Crippen LogP contribution in [0.5, 0.6) is 5.75 Å². The summed E-state index contributed by atoms with van der Waals surface area (Å²) in [5, 5.41) is 9.96. The molecule has 1 heterocycles. The number of aliphatic hydroxyl groups excluding tert-OH is 1. The summed E-state index contributed by atoms with van der Waals surface area (Å²) in [6.45, 7) is 0. The number of fused-ring (bicyclic) bond motifs is 1. The second kappa shape index (κ2) is 5.61. The maximum absolute atomic E-state index is 12.5. The molecular weight excluding hydrogens is 295 g/mol. The lowest BCUT2D eigenvalue weighted by atomic mass is 9.89. The van der Waals surface area contributed by atoms with Crippen LogP contribution in [0.3, 0.4) is 0 Å². The molecule has 0 saturated carbocycles. The lowest BCUT2D eigenvalue weighted by Gasteiger charge is -2.29. The summed E-state index contributed by atoms with van der Waals surface area (Å²) in [7, 11) is 0. The van der Waals surface area contributed by atoms with Crippen molar-refractivity contribution in [1.29, 1.82) is 0 Å². The summed E-state index contributed by atoms with van der Waals surface area (Å²) in [6, 6.07) is 6.35. The summed E-state index contributed by atoms with van der Waals surface area (Å²) in [5.41, 5.74) is 0.834. The minimum Gasteiger partial charge on any atom is -0.486 e. The first-order valence-electron chi connectivity index (χ1n) is 6.91. The van der Waals surface area contributed by atoms with Gasteiger partial charge in [-0.2, -0.15) is 13.2 Å². The molecule has 1 aromatic carbocycles. The van der Waals surface area contributed by atoms with E-state index in [1.165, 1.54) is 12.1 Å². The van der Waals surface area contributed by atoms with Crippen molar-refractivity contribution in [2.75, 3.05) is 0 Å². The van der Waals surface area contributed by atoms with Gasteiger partial charge < -0.3 is 9.84 Å². The molecule has 0 fully saturated rings. The third kappa shape index (κ3) is 2.92. The minimum atomic E-state index is -4.36. The van der Waals surface area contributed by atoms with Crippen LogP contribution in [0, 0.1) is 0 Å². The number of alkyl halides is 3. The predicted octanol–water partition coefficient (Wildman–Crippen LogP) is 4.05. The topological polar surface area (TPSA) is 42.4 Å². The molecule has 2 unspecified atom stereocenters. The van der Waals surface area contributed by atoms with Gasteiger partial charge in [0.25, 0.3) is 0 Å². The first kappa shape index (κ1) is 14.8. The molecule has 0 spiro atoms. The number of hydrogen-bond acceptors (Lipinski definition) is 3. The van der Waals surface area contributed by atoms with Crippen molar-refractivity contribution in [3.05, 3.63) is 59.4 Å². The van der Waals surface area contributed by atoms with Crippen LogP contribution in [-0.4, -0.2) is 10.1 Å². The molecule has 6 heteroatoms. The quantitative estimate of drug-likeness (QED) is 0.910. The SMILES string of the molecule is OC1CCC(Oc2ccc(C(F)(F)F)cc2)c2cnccc21. The summed E-state index contributed by atoms with van der Waals surface area (Å²) in [5.74, 6) is 0.365. The second-order valence-electron chi connectivity index (χ2n) is 5.23. The van der Waals surface area contributed by atoms with Gasteiger partial charge in [-0.3, -0.25) is 4.98 Å². The number of aromatic nitrogens is 1. The van der Waals surface area contributed by atoms with Gasteiger partial charge in [-0.15, -0.1) is 0 Å². The maximum Gasteiger partial charge on any atom is 0.416 e. The van der Waals surface area contributed by atoms with Crippen molar-refractivity contribution in [3.8, 4) is 5.75 Å². The summed E-state index contributed by atoms with van der Waals surface area (Å²) in [6.07, 6.45) is -0.864. The second-order valence-corrected chi connectivity index (χ2v) is 5.23. The van der Waals surface area contributed by atoms with E-state index in [0.29, 0.717) is 18.6 Å². The van der Waals surface area contributed by atoms with E-state index in [1.54, 1.807) is 18.5 Å². The van der Waals surface area contributed by atoms with Gasteiger partial charge in [0, 0.05) is 18.0 Å². The van der Waals surface area contributed by atoms with Gasteiger partial charge in [-0.1, -0.05) is 0 Å². The molecular formula is C16H14F3NO2. The zero-order chi connectivity index (χ0) is 15.7. The lowest BCUT2D eigenvalue weighted by molar-refractivity contribution is -0.137. The average Bonchev–Trinajstić information content (AvgIpc) is 2.50. The number of hydrogen-bond donors (Lipinski definition) is 1. The van der Waals surface area contributed by atoms with E-state index in [4.69, 9.17) is 4.74 Å². The number of benzene rings is 1. The molecule has 1 aliphatic rings. The summed E-state index contributed by atoms with van der Waals surface area (Å²) < 4.78 is 43.4. The minimum absolute atomic E-state index is 0.316. The van der Waals surface area contributed by atoms with E-state index < -0.39 is 17.8 Å². The molecule has 22 heavy (non-hydrogen) atoms. The zero-order valence-electron chi connectivity index (χ0n) is 11.5. The Balaban J connectivity index is 1.81. The zero-order valence-corrected chi connectivity index (χ0v) is 11.5. The Morgan fingerprint density at radius 2 is 1.77 bits per heavy atom. The highest BCUT2D eigenvalue weighted by Gasteiger charge is 2.31. The fraction of sp³-hybridized carbons (Fsp3) is 0.312. The summed E-state index contributed by atoms with van der Waals surface area (Å²) >= 11 is 0. The lowest BCUT2D eigenvalue weighted by Crippen LogP contribution is -2.19. The van der Waals surface area contributed by atoms with E-state index in [1.807, 2.05) is 0 Å². The third-order valence-electron chi connectivity index (χ3n) is 3.76. The molecule has 1 aromatic heterocycles. The molecule has 0 amide bonds. The number of rotatable bonds is 2. The van der Waals surface area contributed by atoms with Crippen molar-refractivity contribution in [3.63, 3.8) is 0 Å². The Morgan fingerprint density at radius 1 is 1.05 bits per heavy atom. The molecule has 0 aliphatic heterocycles. The van der Waals surface area contributed by atoms with Gasteiger partial charge in [0.2, 0.25) is 0 Å². The first-order chi connectivity index (χ1) is 10.4. The molecule has 1 N–H and O–H groups in total. The van der Waals surface area contributed by atoms with Crippen LogP contribution in [0.2, 0.25) is 0 Å². The fourth-order valence-electron chi connectivity index (χ4n) is 2.62. The molecule has 3 nitrogen and oxygen atoms in total. The van der Waals surface area contributed by atoms with Gasteiger partial charge >= 0.3 is 6.18 Å². The van der Waals surface area contributed by atoms with Gasteiger partial charge in [0.05, 0.1) is 11.7 Å². The van der Waals surface area contributed by atoms with Crippen molar-refractivity contribution in [1.82, 2.24) is 4.98 Å². The fourth-order valence-corrected chi connectivity index (χ4v) is 2.62. The maximum atomic E-state index is 12.5. The van der Waals surface area contributed by atoms with Gasteiger partial charge in [0.15, 0.2) is 0 Å². The number of nitrogens with zero attached hydrogens (tertiary/aromatic N) is 1. The molecule has 2 aromatic rings. The molecule has 3 rings (SSSR count). The Kier molecular flexibility index (Phi) is 3.78. The van der Waals surface area contributed by atoms with Crippen LogP contribution >= 0.6 is 0 Å². The monoisotopic (exact) mass is 309 g/mol. The highest BCUT2D eigenvalue weighted by atomic mass is 19.4. The Morgan fingerprint density at radius 3 is 2.45 bits per heavy atom. The standard InChI is InChI=1S/C16H14F3NO2/c17-16(18,19)10-1-3-11(4-2-10)22-15-6-5-14(21)12-7-8-20-9-13(12)15/h1-4,7-9,14-15,21H,5-6H2. The molecule has 116 valence electrons. The molecule has 0 radical (unpaired) electrons. The van der Waals surface area contributed by atoms with Crippen LogP contribution in [0.4, 0.5) is 13.2 Å². The smallest absolute Gasteiger partial charge is 0.416 e. The average molecular weight is 309 g/mol. The molecule has 0 bridgehead atoms.